The van der Waals surface area contributed by atoms with Crippen LogP contribution in [0.5, 0.6) is 0 Å². The number of nitrogens with zero attached hydrogens (tertiary/aromatic N) is 2. The first kappa shape index (κ1) is 24.2. The second kappa shape index (κ2) is 9.61. The zero-order chi connectivity index (χ0) is 27.1. The van der Waals surface area contributed by atoms with E-state index in [4.69, 9.17) is 0 Å². The summed E-state index contributed by atoms with van der Waals surface area (Å²) in [5.41, 5.74) is 2.50. The zero-order valence-electron chi connectivity index (χ0n) is 21.5. The van der Waals surface area contributed by atoms with Crippen LogP contribution in [0.2, 0.25) is 0 Å². The quantitative estimate of drug-likeness (QED) is 0.290. The number of para-hydroxylation sites is 2. The van der Waals surface area contributed by atoms with E-state index in [1.54, 1.807) is 19.9 Å². The van der Waals surface area contributed by atoms with Crippen molar-refractivity contribution in [1.29, 1.82) is 0 Å². The van der Waals surface area contributed by atoms with Crippen molar-refractivity contribution in [2.75, 3.05) is 0 Å². The Morgan fingerprint density at radius 2 is 1.08 bits per heavy atom. The van der Waals surface area contributed by atoms with E-state index in [0.717, 1.165) is 10.8 Å². The molecule has 0 bridgehead atoms. The Morgan fingerprint density at radius 3 is 1.59 bits per heavy atom. The number of carbonyl (C=O) groups is 1. The number of carbonyl (C=O) groups excluding carboxylic acids is 1. The number of H-pyrrole nitrogens is 2. The summed E-state index contributed by atoms with van der Waals surface area (Å²) < 4.78 is 2.84. The molecular weight excluding hydrogens is 488 g/mol. The second-order valence-electron chi connectivity index (χ2n) is 9.61. The molecule has 2 N–H and O–H groups in total. The molecule has 0 atom stereocenters. The van der Waals surface area contributed by atoms with Crippen molar-refractivity contribution in [2.24, 2.45) is 0 Å². The maximum absolute atomic E-state index is 14.4. The topological polar surface area (TPSA) is 92.7 Å². The predicted molar refractivity (Wildman–Crippen MR) is 152 cm³/mol. The van der Waals surface area contributed by atoms with E-state index in [9.17, 15) is 14.4 Å². The molecular formula is C32H26N4O3. The molecule has 0 saturated heterocycles. The fourth-order valence-electron chi connectivity index (χ4n) is 5.23. The molecule has 4 aromatic carbocycles. The zero-order valence-corrected chi connectivity index (χ0v) is 21.5. The third kappa shape index (κ3) is 4.14. The average Bonchev–Trinajstić information content (AvgIpc) is 3.43. The van der Waals surface area contributed by atoms with Crippen LogP contribution in [0.1, 0.15) is 38.8 Å². The molecule has 0 spiro atoms. The van der Waals surface area contributed by atoms with Gasteiger partial charge in [-0.2, -0.15) is 0 Å². The molecule has 0 aliphatic rings. The summed E-state index contributed by atoms with van der Waals surface area (Å²) in [6.07, 6.45) is 0. The Balaban J connectivity index is 1.59. The first-order valence-electron chi connectivity index (χ1n) is 12.7. The second-order valence-corrected chi connectivity index (χ2v) is 9.61. The van der Waals surface area contributed by atoms with Crippen molar-refractivity contribution >= 4 is 16.6 Å². The van der Waals surface area contributed by atoms with Gasteiger partial charge in [0.2, 0.25) is 0 Å². The number of fused-ring (bicyclic) bond motifs is 1. The maximum atomic E-state index is 14.4. The number of Topliss-reactive ketones (excluding diaryl/α,β-unsaturated/α-hetero) is 1. The Hall–Kier alpha value is -5.17. The van der Waals surface area contributed by atoms with Crippen LogP contribution in [0.15, 0.2) is 113 Å². The van der Waals surface area contributed by atoms with Gasteiger partial charge < -0.3 is 0 Å². The maximum Gasteiger partial charge on any atom is 0.275 e. The fourth-order valence-corrected chi connectivity index (χ4v) is 5.23. The minimum Gasteiger partial charge on any atom is -0.295 e. The largest absolute Gasteiger partial charge is 0.295 e. The lowest BCUT2D eigenvalue weighted by Gasteiger charge is -2.15. The molecule has 0 amide bonds. The lowest BCUT2D eigenvalue weighted by Crippen LogP contribution is -2.29. The van der Waals surface area contributed by atoms with E-state index >= 15 is 0 Å². The van der Waals surface area contributed by atoms with Crippen LogP contribution in [0.4, 0.5) is 0 Å². The molecule has 2 aromatic heterocycles. The van der Waals surface area contributed by atoms with Crippen LogP contribution in [-0.4, -0.2) is 25.3 Å². The Labute approximate surface area is 224 Å². The number of rotatable bonds is 6. The van der Waals surface area contributed by atoms with Gasteiger partial charge in [-0.05, 0) is 55.0 Å². The van der Waals surface area contributed by atoms with E-state index in [1.807, 2.05) is 97.1 Å². The van der Waals surface area contributed by atoms with Gasteiger partial charge in [0.25, 0.3) is 11.1 Å². The molecule has 6 rings (SSSR count). The van der Waals surface area contributed by atoms with Crippen LogP contribution < -0.4 is 11.1 Å². The molecule has 7 heteroatoms. The van der Waals surface area contributed by atoms with Gasteiger partial charge in [0.1, 0.15) is 0 Å². The highest BCUT2D eigenvalue weighted by atomic mass is 16.1. The van der Waals surface area contributed by atoms with Gasteiger partial charge in [0.05, 0.1) is 28.4 Å². The van der Waals surface area contributed by atoms with Gasteiger partial charge in [-0.15, -0.1) is 0 Å². The number of benzene rings is 4. The van der Waals surface area contributed by atoms with Crippen molar-refractivity contribution in [3.63, 3.8) is 0 Å². The van der Waals surface area contributed by atoms with Crippen LogP contribution in [0, 0.1) is 13.8 Å². The molecule has 0 saturated carbocycles. The molecule has 2 heterocycles. The van der Waals surface area contributed by atoms with Gasteiger partial charge in [-0.25, -0.2) is 9.36 Å². The highest BCUT2D eigenvalue weighted by Gasteiger charge is 2.35. The molecule has 0 unspecified atom stereocenters. The van der Waals surface area contributed by atoms with Crippen molar-refractivity contribution in [2.45, 2.75) is 19.8 Å². The number of aryl methyl sites for hydroxylation is 2. The van der Waals surface area contributed by atoms with E-state index < -0.39 is 5.92 Å². The van der Waals surface area contributed by atoms with E-state index in [2.05, 4.69) is 10.2 Å². The van der Waals surface area contributed by atoms with Gasteiger partial charge in [-0.1, -0.05) is 72.8 Å². The van der Waals surface area contributed by atoms with Crippen molar-refractivity contribution < 1.29 is 4.79 Å². The van der Waals surface area contributed by atoms with Crippen LogP contribution >= 0.6 is 0 Å². The van der Waals surface area contributed by atoms with E-state index in [1.165, 1.54) is 9.36 Å². The number of aromatic nitrogens is 4. The molecule has 0 fully saturated rings. The average molecular weight is 515 g/mol. The predicted octanol–water partition coefficient (Wildman–Crippen LogP) is 5.43. The van der Waals surface area contributed by atoms with Gasteiger partial charge in [0, 0.05) is 17.0 Å². The number of nitrogens with one attached hydrogen (secondary N) is 2. The molecule has 0 radical (unpaired) electrons. The third-order valence-electron chi connectivity index (χ3n) is 7.14. The lowest BCUT2D eigenvalue weighted by atomic mass is 9.84. The smallest absolute Gasteiger partial charge is 0.275 e. The van der Waals surface area contributed by atoms with E-state index in [-0.39, 0.29) is 28.0 Å². The van der Waals surface area contributed by atoms with Crippen LogP contribution in [-0.2, 0) is 0 Å². The summed E-state index contributed by atoms with van der Waals surface area (Å²) in [5, 5.41) is 8.16. The summed E-state index contributed by atoms with van der Waals surface area (Å²) in [6, 6.07) is 31.6. The Bertz CT molecular complexity index is 1850. The number of hydrogen-bond acceptors (Lipinski definition) is 3. The molecule has 39 heavy (non-hydrogen) atoms. The van der Waals surface area contributed by atoms with Gasteiger partial charge >= 0.3 is 0 Å². The molecule has 7 nitrogen and oxygen atoms in total. The first-order valence-corrected chi connectivity index (χ1v) is 12.7. The minimum absolute atomic E-state index is 0.247. The number of aromatic amines is 2. The van der Waals surface area contributed by atoms with Crippen molar-refractivity contribution in [1.82, 2.24) is 19.6 Å². The molecule has 0 aliphatic heterocycles. The van der Waals surface area contributed by atoms with Crippen LogP contribution in [0.25, 0.3) is 22.1 Å². The Kier molecular flexibility index (Phi) is 5.96. The number of hydrogen-bond donors (Lipinski definition) is 2. The fraction of sp³-hybridized carbons (Fsp3) is 0.0938. The molecule has 6 aromatic rings. The minimum atomic E-state index is -1.12. The first-order chi connectivity index (χ1) is 18.9. The normalized spacial score (nSPS) is 11.4. The molecule has 192 valence electrons. The van der Waals surface area contributed by atoms with Gasteiger partial charge in [0.15, 0.2) is 5.78 Å². The standard InChI is InChI=1S/C32H26N4O3/c1-20-27(31(38)35(33-20)25-13-5-3-6-14-25)29(30(37)24-18-17-22-11-9-10-12-23(22)19-24)28-21(2)34-36(32(28)39)26-15-7-4-8-16-26/h3-19,29,33-34H,1-2H3. The van der Waals surface area contributed by atoms with E-state index in [0.29, 0.717) is 28.3 Å². The summed E-state index contributed by atoms with van der Waals surface area (Å²) in [6.45, 7) is 3.52. The highest BCUT2D eigenvalue weighted by molar-refractivity contribution is 6.05. The summed E-state index contributed by atoms with van der Waals surface area (Å²) in [5.74, 6) is -1.44. The SMILES string of the molecule is Cc1[nH]n(-c2ccccc2)c(=O)c1C(C(=O)c1ccc2ccccc2c1)c1c(C)[nH]n(-c2ccccc2)c1=O. The Morgan fingerprint density at radius 1 is 0.615 bits per heavy atom. The van der Waals surface area contributed by atoms with Crippen molar-refractivity contribution in [3.8, 4) is 11.4 Å². The highest BCUT2D eigenvalue weighted by Crippen LogP contribution is 2.30. The summed E-state index contributed by atoms with van der Waals surface area (Å²) in [7, 11) is 0. The van der Waals surface area contributed by atoms with Crippen molar-refractivity contribution in [3.05, 3.63) is 152 Å². The molecule has 0 aliphatic carbocycles. The number of ketones is 1. The lowest BCUT2D eigenvalue weighted by molar-refractivity contribution is 0.0972. The third-order valence-corrected chi connectivity index (χ3v) is 7.14. The monoisotopic (exact) mass is 514 g/mol. The van der Waals surface area contributed by atoms with Gasteiger partial charge in [-0.3, -0.25) is 24.6 Å². The van der Waals surface area contributed by atoms with Crippen LogP contribution in [0.3, 0.4) is 0 Å². The summed E-state index contributed by atoms with van der Waals surface area (Å²) in [4.78, 5) is 42.2. The summed E-state index contributed by atoms with van der Waals surface area (Å²) >= 11 is 0.